The molecule has 0 radical (unpaired) electrons. The molecule has 1 amide bonds. The lowest BCUT2D eigenvalue weighted by molar-refractivity contribution is -0.115. The van der Waals surface area contributed by atoms with Crippen molar-refractivity contribution >= 4 is 34.1 Å². The monoisotopic (exact) mass is 371 g/mol. The van der Waals surface area contributed by atoms with Gasteiger partial charge in [-0.1, -0.05) is 6.42 Å². The van der Waals surface area contributed by atoms with E-state index in [2.05, 4.69) is 25.4 Å². The van der Waals surface area contributed by atoms with E-state index >= 15 is 0 Å². The van der Waals surface area contributed by atoms with Crippen molar-refractivity contribution in [2.24, 2.45) is 0 Å². The number of rotatable bonds is 3. The van der Waals surface area contributed by atoms with Crippen molar-refractivity contribution in [2.45, 2.75) is 52.4 Å². The highest BCUT2D eigenvalue weighted by Crippen LogP contribution is 2.29. The van der Waals surface area contributed by atoms with Gasteiger partial charge < -0.3 is 11.1 Å². The summed E-state index contributed by atoms with van der Waals surface area (Å²) < 4.78 is 1.58. The van der Waals surface area contributed by atoms with Crippen LogP contribution in [0.15, 0.2) is 0 Å². The zero-order chi connectivity index (χ0) is 18.3. The zero-order valence-corrected chi connectivity index (χ0v) is 15.7. The molecule has 4 rings (SSSR count). The predicted molar refractivity (Wildman–Crippen MR) is 100 cm³/mol. The topological polar surface area (TPSA) is 111 Å². The maximum atomic E-state index is 12.6. The Labute approximate surface area is 154 Å². The first-order valence-electron chi connectivity index (χ1n) is 8.78. The Kier molecular flexibility index (Phi) is 4.31. The molecular weight excluding hydrogens is 350 g/mol. The maximum Gasteiger partial charge on any atom is 0.254 e. The number of carbonyl (C=O) groups is 1. The third-order valence-corrected chi connectivity index (χ3v) is 5.82. The van der Waals surface area contributed by atoms with E-state index in [4.69, 9.17) is 5.73 Å². The van der Waals surface area contributed by atoms with Gasteiger partial charge >= 0.3 is 0 Å². The molecule has 1 aliphatic carbocycles. The number of aromatic nitrogens is 5. The van der Waals surface area contributed by atoms with E-state index in [1.54, 1.807) is 15.9 Å². The van der Waals surface area contributed by atoms with Gasteiger partial charge in [-0.3, -0.25) is 4.79 Å². The van der Waals surface area contributed by atoms with Crippen LogP contribution in [0.1, 0.15) is 46.8 Å². The first-order valence-corrected chi connectivity index (χ1v) is 9.59. The summed E-state index contributed by atoms with van der Waals surface area (Å²) in [5.41, 5.74) is 9.21. The minimum atomic E-state index is -0.102. The molecule has 0 bridgehead atoms. The molecule has 1 aliphatic rings. The molecule has 8 nitrogen and oxygen atoms in total. The minimum absolute atomic E-state index is 0.102. The van der Waals surface area contributed by atoms with E-state index in [0.29, 0.717) is 10.9 Å². The van der Waals surface area contributed by atoms with Gasteiger partial charge in [0.05, 0.1) is 12.1 Å². The molecule has 0 unspecified atom stereocenters. The number of hydrogen-bond donors (Lipinski definition) is 2. The van der Waals surface area contributed by atoms with Gasteiger partial charge in [-0.2, -0.15) is 9.50 Å². The van der Waals surface area contributed by atoms with Crippen molar-refractivity contribution in [3.8, 4) is 0 Å². The Morgan fingerprint density at radius 1 is 1.19 bits per heavy atom. The normalized spacial score (nSPS) is 14.2. The van der Waals surface area contributed by atoms with Crippen LogP contribution in [0.5, 0.6) is 0 Å². The smallest absolute Gasteiger partial charge is 0.254 e. The fourth-order valence-electron chi connectivity index (χ4n) is 3.39. The zero-order valence-electron chi connectivity index (χ0n) is 14.9. The number of aryl methyl sites for hydroxylation is 4. The number of anilines is 2. The highest BCUT2D eigenvalue weighted by atomic mass is 32.1. The van der Waals surface area contributed by atoms with Gasteiger partial charge in [0.15, 0.2) is 5.13 Å². The second-order valence-electron chi connectivity index (χ2n) is 6.62. The van der Waals surface area contributed by atoms with E-state index in [0.717, 1.165) is 35.5 Å². The van der Waals surface area contributed by atoms with E-state index in [1.165, 1.54) is 24.1 Å². The third-order valence-electron chi connectivity index (χ3n) is 4.74. The number of nitrogen functional groups attached to an aromatic ring is 1. The molecule has 3 N–H and O–H groups in total. The van der Waals surface area contributed by atoms with Crippen LogP contribution in [0.3, 0.4) is 0 Å². The Morgan fingerprint density at radius 2 is 2.00 bits per heavy atom. The number of nitrogens with zero attached hydrogens (tertiary/aromatic N) is 5. The second-order valence-corrected chi connectivity index (χ2v) is 7.70. The summed E-state index contributed by atoms with van der Waals surface area (Å²) in [4.78, 5) is 27.0. The average molecular weight is 371 g/mol. The summed E-state index contributed by atoms with van der Waals surface area (Å²) in [5, 5.41) is 7.77. The summed E-state index contributed by atoms with van der Waals surface area (Å²) in [7, 11) is 0. The standard InChI is InChI=1S/C17H21N7OS/c1-9-11(10(2)24-16(19-9)22-15(18)23-24)8-14(25)21-17-20-12-6-4-3-5-7-13(12)26-17/h3-8H2,1-2H3,(H2,18,23)(H,20,21,25). The van der Waals surface area contributed by atoms with Crippen LogP contribution >= 0.6 is 11.3 Å². The van der Waals surface area contributed by atoms with Gasteiger partial charge in [0.25, 0.3) is 5.78 Å². The molecule has 0 saturated heterocycles. The fourth-order valence-corrected chi connectivity index (χ4v) is 4.45. The maximum absolute atomic E-state index is 12.6. The molecule has 3 heterocycles. The van der Waals surface area contributed by atoms with Gasteiger partial charge in [-0.25, -0.2) is 9.97 Å². The molecule has 0 spiro atoms. The average Bonchev–Trinajstić information content (AvgIpc) is 3.07. The highest BCUT2D eigenvalue weighted by molar-refractivity contribution is 7.15. The van der Waals surface area contributed by atoms with Crippen molar-refractivity contribution in [1.29, 1.82) is 0 Å². The van der Waals surface area contributed by atoms with Gasteiger partial charge in [-0.05, 0) is 39.5 Å². The van der Waals surface area contributed by atoms with E-state index in [1.807, 2.05) is 13.8 Å². The fraction of sp³-hybridized carbons (Fsp3) is 0.471. The molecule has 0 aromatic carbocycles. The highest BCUT2D eigenvalue weighted by Gasteiger charge is 2.18. The van der Waals surface area contributed by atoms with Crippen LogP contribution in [-0.2, 0) is 24.1 Å². The SMILES string of the molecule is Cc1nc2nc(N)nn2c(C)c1CC(=O)Nc1nc2c(s1)CCCCC2. The molecule has 136 valence electrons. The molecule has 3 aromatic heterocycles. The predicted octanol–water partition coefficient (Wildman–Crippen LogP) is 2.23. The van der Waals surface area contributed by atoms with Crippen LogP contribution in [0.2, 0.25) is 0 Å². The first kappa shape index (κ1) is 16.9. The Morgan fingerprint density at radius 3 is 2.85 bits per heavy atom. The molecule has 0 aliphatic heterocycles. The second kappa shape index (κ2) is 6.64. The van der Waals surface area contributed by atoms with E-state index < -0.39 is 0 Å². The number of thiazole rings is 1. The van der Waals surface area contributed by atoms with Gasteiger partial charge in [0.1, 0.15) is 0 Å². The van der Waals surface area contributed by atoms with Crippen molar-refractivity contribution in [1.82, 2.24) is 24.6 Å². The lowest BCUT2D eigenvalue weighted by Gasteiger charge is -2.09. The molecule has 9 heteroatoms. The summed E-state index contributed by atoms with van der Waals surface area (Å²) in [6.45, 7) is 3.76. The number of amides is 1. The van der Waals surface area contributed by atoms with Crippen LogP contribution in [0.25, 0.3) is 5.78 Å². The Balaban J connectivity index is 1.54. The number of nitrogens with one attached hydrogen (secondary N) is 1. The molecular formula is C17H21N7OS. The summed E-state index contributed by atoms with van der Waals surface area (Å²) in [6, 6.07) is 0. The van der Waals surface area contributed by atoms with Crippen LogP contribution in [-0.4, -0.2) is 30.5 Å². The van der Waals surface area contributed by atoms with Gasteiger partial charge in [0.2, 0.25) is 11.9 Å². The molecule has 26 heavy (non-hydrogen) atoms. The van der Waals surface area contributed by atoms with Crippen molar-refractivity contribution < 1.29 is 4.79 Å². The molecule has 0 fully saturated rings. The first-order chi connectivity index (χ1) is 12.5. The lowest BCUT2D eigenvalue weighted by atomic mass is 10.1. The van der Waals surface area contributed by atoms with Crippen LogP contribution in [0, 0.1) is 13.8 Å². The third kappa shape index (κ3) is 3.14. The van der Waals surface area contributed by atoms with Crippen molar-refractivity contribution in [2.75, 3.05) is 11.1 Å². The largest absolute Gasteiger partial charge is 0.366 e. The van der Waals surface area contributed by atoms with Crippen molar-refractivity contribution in [3.05, 3.63) is 27.5 Å². The summed E-state index contributed by atoms with van der Waals surface area (Å²) >= 11 is 1.60. The molecule has 0 atom stereocenters. The summed E-state index contributed by atoms with van der Waals surface area (Å²) in [5.74, 6) is 0.519. The molecule has 3 aromatic rings. The van der Waals surface area contributed by atoms with E-state index in [9.17, 15) is 4.79 Å². The number of carbonyl (C=O) groups excluding carboxylic acids is 1. The quantitative estimate of drug-likeness (QED) is 0.683. The number of nitrogens with two attached hydrogens (primary N) is 1. The number of hydrogen-bond acceptors (Lipinski definition) is 7. The van der Waals surface area contributed by atoms with Crippen LogP contribution < -0.4 is 11.1 Å². The lowest BCUT2D eigenvalue weighted by Crippen LogP contribution is -2.17. The van der Waals surface area contributed by atoms with Gasteiger partial charge in [-0.15, -0.1) is 16.4 Å². The number of fused-ring (bicyclic) bond motifs is 2. The van der Waals surface area contributed by atoms with Gasteiger partial charge in [0, 0.05) is 21.8 Å². The van der Waals surface area contributed by atoms with E-state index in [-0.39, 0.29) is 18.3 Å². The van der Waals surface area contributed by atoms with Crippen LogP contribution in [0.4, 0.5) is 11.1 Å². The Hall–Kier alpha value is -2.55. The minimum Gasteiger partial charge on any atom is -0.366 e. The summed E-state index contributed by atoms with van der Waals surface area (Å²) in [6.07, 6.45) is 5.92. The molecule has 0 saturated carbocycles. The Bertz CT molecular complexity index is 967. The van der Waals surface area contributed by atoms with Crippen molar-refractivity contribution in [3.63, 3.8) is 0 Å².